The maximum absolute atomic E-state index is 13.3. The molecule has 3 aliphatic rings. The number of amides is 2. The topological polar surface area (TPSA) is 69.6 Å². The molecule has 1 atom stereocenters. The fraction of sp³-hybridized carbons (Fsp3) is 0.750. The Balaban J connectivity index is 1.38. The maximum atomic E-state index is 13.3. The predicted octanol–water partition coefficient (Wildman–Crippen LogP) is 1.20. The number of carbonyl (C=O) groups is 2. The molecule has 136 valence electrons. The van der Waals surface area contributed by atoms with Crippen LogP contribution in [0.5, 0.6) is 0 Å². The van der Waals surface area contributed by atoms with E-state index in [1.54, 1.807) is 9.80 Å². The van der Waals surface area contributed by atoms with Crippen molar-refractivity contribution in [2.45, 2.75) is 50.9 Å². The first-order chi connectivity index (χ1) is 12.1. The monoisotopic (exact) mass is 367 g/mol. The quantitative estimate of drug-likeness (QED) is 0.748. The van der Waals surface area contributed by atoms with Gasteiger partial charge in [-0.3, -0.25) is 9.59 Å². The molecule has 1 saturated carbocycles. The third-order valence-corrected chi connectivity index (χ3v) is 6.26. The number of halogens is 1. The molecule has 2 aliphatic heterocycles. The van der Waals surface area contributed by atoms with Crippen molar-refractivity contribution < 1.29 is 14.0 Å². The number of anilines is 1. The molecule has 9 heteroatoms. The summed E-state index contributed by atoms with van der Waals surface area (Å²) in [6, 6.07) is 0.232. The van der Waals surface area contributed by atoms with Gasteiger partial charge in [0, 0.05) is 25.7 Å². The fourth-order valence-corrected chi connectivity index (χ4v) is 4.79. The summed E-state index contributed by atoms with van der Waals surface area (Å²) in [6.45, 7) is 2.43. The lowest BCUT2D eigenvalue weighted by Crippen LogP contribution is -2.56. The molecule has 0 radical (unpaired) electrons. The molecule has 4 rings (SSSR count). The Morgan fingerprint density at radius 3 is 2.56 bits per heavy atom. The summed E-state index contributed by atoms with van der Waals surface area (Å²) in [7, 11) is 0. The summed E-state index contributed by atoms with van der Waals surface area (Å²) in [5.41, 5.74) is 0. The first-order valence-corrected chi connectivity index (χ1v) is 9.75. The fourth-order valence-electron chi connectivity index (χ4n) is 3.90. The van der Waals surface area contributed by atoms with Gasteiger partial charge in [0.25, 0.3) is 0 Å². The van der Waals surface area contributed by atoms with E-state index >= 15 is 0 Å². The zero-order valence-electron chi connectivity index (χ0n) is 14.1. The van der Waals surface area contributed by atoms with Gasteiger partial charge in [-0.25, -0.2) is 4.39 Å². The molecule has 0 spiro atoms. The van der Waals surface area contributed by atoms with Gasteiger partial charge in [0.15, 0.2) is 0 Å². The lowest BCUT2D eigenvalue weighted by Gasteiger charge is -2.36. The smallest absolute Gasteiger partial charge is 0.312 e. The Labute approximate surface area is 149 Å². The molecule has 0 N–H and O–H groups in total. The van der Waals surface area contributed by atoms with E-state index in [0.29, 0.717) is 49.3 Å². The Kier molecular flexibility index (Phi) is 4.58. The van der Waals surface area contributed by atoms with E-state index in [1.807, 2.05) is 4.90 Å². The van der Waals surface area contributed by atoms with Gasteiger partial charge >= 0.3 is 11.8 Å². The second kappa shape index (κ2) is 6.86. The van der Waals surface area contributed by atoms with Gasteiger partial charge in [0.05, 0.1) is 13.1 Å². The molecule has 1 aromatic heterocycles. The third-order valence-electron chi connectivity index (χ3n) is 5.29. The molecule has 0 unspecified atom stereocenters. The molecule has 7 nitrogen and oxygen atoms in total. The molecule has 1 aromatic rings. The summed E-state index contributed by atoms with van der Waals surface area (Å²) < 4.78 is 13.3. The van der Waals surface area contributed by atoms with Crippen molar-refractivity contribution >= 4 is 28.3 Å². The van der Waals surface area contributed by atoms with E-state index in [0.717, 1.165) is 25.7 Å². The number of hydrogen-bond acceptors (Lipinski definition) is 6. The molecule has 25 heavy (non-hydrogen) atoms. The van der Waals surface area contributed by atoms with E-state index in [9.17, 15) is 14.0 Å². The van der Waals surface area contributed by atoms with Crippen molar-refractivity contribution in [2.75, 3.05) is 31.1 Å². The van der Waals surface area contributed by atoms with Crippen LogP contribution in [0, 0.1) is 0 Å². The second-order valence-corrected chi connectivity index (χ2v) is 8.01. The molecule has 3 heterocycles. The molecule has 2 amide bonds. The molecule has 0 bridgehead atoms. The summed E-state index contributed by atoms with van der Waals surface area (Å²) in [5.74, 6) is -0.831. The molecular weight excluding hydrogens is 345 g/mol. The van der Waals surface area contributed by atoms with Crippen LogP contribution >= 0.6 is 11.3 Å². The summed E-state index contributed by atoms with van der Waals surface area (Å²) in [4.78, 5) is 30.0. The van der Waals surface area contributed by atoms with Crippen LogP contribution in [0.25, 0.3) is 0 Å². The first-order valence-electron chi connectivity index (χ1n) is 8.93. The predicted molar refractivity (Wildman–Crippen MR) is 91.0 cm³/mol. The summed E-state index contributed by atoms with van der Waals surface area (Å²) in [6.07, 6.45) is 3.99. The van der Waals surface area contributed by atoms with Crippen molar-refractivity contribution in [3.63, 3.8) is 0 Å². The normalized spacial score (nSPS) is 25.5. The number of piperazine rings is 1. The van der Waals surface area contributed by atoms with Crippen LogP contribution in [0.15, 0.2) is 0 Å². The van der Waals surface area contributed by atoms with Crippen molar-refractivity contribution in [2.24, 2.45) is 0 Å². The van der Waals surface area contributed by atoms with Crippen LogP contribution in [0.4, 0.5) is 9.52 Å². The molecular formula is C16H22FN5O2S. The van der Waals surface area contributed by atoms with Crippen molar-refractivity contribution in [1.82, 2.24) is 20.0 Å². The Morgan fingerprint density at radius 1 is 1.04 bits per heavy atom. The molecule has 1 aliphatic carbocycles. The van der Waals surface area contributed by atoms with Crippen molar-refractivity contribution in [3.05, 3.63) is 5.01 Å². The highest BCUT2D eigenvalue weighted by Crippen LogP contribution is 2.28. The average molecular weight is 367 g/mol. The number of rotatable bonds is 4. The Hall–Kier alpha value is -1.77. The van der Waals surface area contributed by atoms with E-state index in [2.05, 4.69) is 10.2 Å². The highest BCUT2D eigenvalue weighted by atomic mass is 32.1. The van der Waals surface area contributed by atoms with Gasteiger partial charge < -0.3 is 14.7 Å². The minimum Gasteiger partial charge on any atom is -0.344 e. The minimum atomic E-state index is -0.810. The number of carbonyl (C=O) groups excluding carboxylic acids is 2. The zero-order valence-corrected chi connectivity index (χ0v) is 14.9. The Morgan fingerprint density at radius 2 is 1.84 bits per heavy atom. The van der Waals surface area contributed by atoms with Gasteiger partial charge in [-0.05, 0) is 19.3 Å². The number of alkyl halides is 1. The van der Waals surface area contributed by atoms with Gasteiger partial charge in [0.1, 0.15) is 11.2 Å². The first kappa shape index (κ1) is 16.7. The van der Waals surface area contributed by atoms with Crippen molar-refractivity contribution in [1.29, 1.82) is 0 Å². The van der Waals surface area contributed by atoms with Crippen LogP contribution in [0.3, 0.4) is 0 Å². The standard InChI is InChI=1S/C16H22FN5O2S/c17-11-5-6-21(9-11)16-19-18-13(25-16)10-20-7-8-22(15(24)14(20)23)12-3-1-2-4-12/h11-12H,1-10H2/t11-/m0/s1. The maximum Gasteiger partial charge on any atom is 0.312 e. The van der Waals surface area contributed by atoms with Gasteiger partial charge in [0.2, 0.25) is 5.13 Å². The number of nitrogens with zero attached hydrogens (tertiary/aromatic N) is 5. The molecule has 2 saturated heterocycles. The largest absolute Gasteiger partial charge is 0.344 e. The minimum absolute atomic E-state index is 0.232. The zero-order chi connectivity index (χ0) is 17.4. The van der Waals surface area contributed by atoms with E-state index in [-0.39, 0.29) is 11.9 Å². The van der Waals surface area contributed by atoms with E-state index < -0.39 is 12.1 Å². The van der Waals surface area contributed by atoms with Crippen LogP contribution in [0.2, 0.25) is 0 Å². The molecule has 0 aromatic carbocycles. The second-order valence-electron chi connectivity index (χ2n) is 6.97. The average Bonchev–Trinajstić information content (AvgIpc) is 3.33. The van der Waals surface area contributed by atoms with Gasteiger partial charge in [-0.1, -0.05) is 24.2 Å². The molecule has 3 fully saturated rings. The van der Waals surface area contributed by atoms with Crippen LogP contribution in [0.1, 0.15) is 37.1 Å². The third kappa shape index (κ3) is 3.33. The number of hydrogen-bond donors (Lipinski definition) is 0. The van der Waals surface area contributed by atoms with Crippen LogP contribution in [-0.2, 0) is 16.1 Å². The Bertz CT molecular complexity index is 663. The van der Waals surface area contributed by atoms with Crippen LogP contribution in [-0.4, -0.2) is 70.2 Å². The number of aromatic nitrogens is 2. The highest BCUT2D eigenvalue weighted by molar-refractivity contribution is 7.15. The van der Waals surface area contributed by atoms with Gasteiger partial charge in [-0.15, -0.1) is 10.2 Å². The van der Waals surface area contributed by atoms with Crippen LogP contribution < -0.4 is 4.90 Å². The van der Waals surface area contributed by atoms with Crippen molar-refractivity contribution in [3.8, 4) is 0 Å². The highest BCUT2D eigenvalue weighted by Gasteiger charge is 2.37. The summed E-state index contributed by atoms with van der Waals surface area (Å²) in [5, 5.41) is 9.62. The summed E-state index contributed by atoms with van der Waals surface area (Å²) >= 11 is 1.37. The SMILES string of the molecule is O=C1C(=O)N(C2CCCC2)CCN1Cc1nnc(N2CC[C@H](F)C2)s1. The lowest BCUT2D eigenvalue weighted by atomic mass is 10.1. The van der Waals surface area contributed by atoms with E-state index in [1.165, 1.54) is 11.3 Å². The lowest BCUT2D eigenvalue weighted by molar-refractivity contribution is -0.158. The van der Waals surface area contributed by atoms with E-state index in [4.69, 9.17) is 0 Å². The van der Waals surface area contributed by atoms with Gasteiger partial charge in [-0.2, -0.15) is 0 Å².